The zero-order chi connectivity index (χ0) is 13.9. The molecular weight excluding hydrogens is 252 g/mol. The van der Waals surface area contributed by atoms with Gasteiger partial charge in [-0.2, -0.15) is 5.10 Å². The fraction of sp³-hybridized carbons (Fsp3) is 0.545. The zero-order valence-electron chi connectivity index (χ0n) is 10.5. The summed E-state index contributed by atoms with van der Waals surface area (Å²) >= 11 is 0. The number of hydrogen-bond acceptors (Lipinski definition) is 4. The molecule has 1 aromatic heterocycles. The van der Waals surface area contributed by atoms with Crippen molar-refractivity contribution in [3.8, 4) is 0 Å². The van der Waals surface area contributed by atoms with Gasteiger partial charge in [0, 0.05) is 30.8 Å². The highest BCUT2D eigenvalue weighted by molar-refractivity contribution is 5.86. The lowest BCUT2D eigenvalue weighted by Crippen LogP contribution is -2.57. The maximum Gasteiger partial charge on any atom is 0.332 e. The number of ether oxygens (including phenoxy) is 1. The van der Waals surface area contributed by atoms with E-state index in [4.69, 9.17) is 4.74 Å². The minimum absolute atomic E-state index is 0.0134. The average molecular weight is 268 g/mol. The second kappa shape index (κ2) is 5.27. The van der Waals surface area contributed by atoms with Gasteiger partial charge in [-0.1, -0.05) is 0 Å². The van der Waals surface area contributed by atoms with Gasteiger partial charge in [0.15, 0.2) is 5.54 Å². The van der Waals surface area contributed by atoms with Crippen LogP contribution in [0.25, 0.3) is 0 Å². The maximum atomic E-state index is 11.7. The molecule has 0 radical (unpaired) electrons. The minimum Gasteiger partial charge on any atom is -0.479 e. The molecule has 19 heavy (non-hydrogen) atoms. The molecule has 8 heteroatoms. The van der Waals surface area contributed by atoms with Crippen LogP contribution in [0.2, 0.25) is 0 Å². The number of amides is 2. The largest absolute Gasteiger partial charge is 0.479 e. The lowest BCUT2D eigenvalue weighted by molar-refractivity contribution is -0.144. The van der Waals surface area contributed by atoms with E-state index in [1.54, 1.807) is 6.20 Å². The lowest BCUT2D eigenvalue weighted by atomic mass is 9.99. The molecule has 1 aliphatic heterocycles. The fourth-order valence-corrected chi connectivity index (χ4v) is 1.88. The molecule has 8 nitrogen and oxygen atoms in total. The number of carboxylic acid groups (broad SMARTS) is 1. The Balaban J connectivity index is 1.90. The molecule has 1 aromatic rings. The number of carbonyl (C=O) groups excluding carboxylic acids is 1. The van der Waals surface area contributed by atoms with Gasteiger partial charge in [0.2, 0.25) is 0 Å². The minimum atomic E-state index is -1.32. The van der Waals surface area contributed by atoms with Crippen molar-refractivity contribution in [3.63, 3.8) is 0 Å². The Morgan fingerprint density at radius 3 is 2.95 bits per heavy atom. The van der Waals surface area contributed by atoms with Crippen molar-refractivity contribution in [1.82, 2.24) is 20.8 Å². The van der Waals surface area contributed by atoms with Crippen LogP contribution < -0.4 is 10.6 Å². The summed E-state index contributed by atoms with van der Waals surface area (Å²) in [5.41, 5.74) is 0.384. The number of aliphatic carboxylic acids is 1. The van der Waals surface area contributed by atoms with E-state index in [0.717, 1.165) is 11.3 Å². The second-order valence-electron chi connectivity index (χ2n) is 4.52. The first-order valence-corrected chi connectivity index (χ1v) is 5.89. The number of urea groups is 1. The Kier molecular flexibility index (Phi) is 3.70. The Hall–Kier alpha value is -2.09. The van der Waals surface area contributed by atoms with Crippen molar-refractivity contribution in [3.05, 3.63) is 17.5 Å². The van der Waals surface area contributed by atoms with Gasteiger partial charge in [0.1, 0.15) is 0 Å². The number of aromatic nitrogens is 2. The first-order chi connectivity index (χ1) is 9.03. The van der Waals surface area contributed by atoms with E-state index in [9.17, 15) is 14.7 Å². The van der Waals surface area contributed by atoms with Crippen LogP contribution in [0.15, 0.2) is 6.20 Å². The summed E-state index contributed by atoms with van der Waals surface area (Å²) in [6, 6.07) is -0.534. The highest BCUT2D eigenvalue weighted by Crippen LogP contribution is 2.18. The molecule has 0 bridgehead atoms. The van der Waals surface area contributed by atoms with Crippen LogP contribution in [0.4, 0.5) is 4.79 Å². The van der Waals surface area contributed by atoms with E-state index in [1.165, 1.54) is 0 Å². The molecule has 1 aliphatic rings. The highest BCUT2D eigenvalue weighted by atomic mass is 16.5. The van der Waals surface area contributed by atoms with Crippen molar-refractivity contribution in [2.45, 2.75) is 25.4 Å². The molecule has 2 heterocycles. The van der Waals surface area contributed by atoms with Gasteiger partial charge in [-0.05, 0) is 6.92 Å². The first-order valence-electron chi connectivity index (χ1n) is 5.89. The summed E-state index contributed by atoms with van der Waals surface area (Å²) in [5.74, 6) is -1.08. The van der Waals surface area contributed by atoms with E-state index in [2.05, 4.69) is 20.8 Å². The Labute approximate surface area is 109 Å². The predicted octanol–water partition coefficient (Wildman–Crippen LogP) is -0.239. The van der Waals surface area contributed by atoms with Crippen molar-refractivity contribution < 1.29 is 19.4 Å². The maximum absolute atomic E-state index is 11.7. The number of carboxylic acids is 1. The first kappa shape index (κ1) is 13.3. The number of nitrogens with one attached hydrogen (secondary N) is 3. The number of aryl methyl sites for hydroxylation is 1. The monoisotopic (exact) mass is 268 g/mol. The summed E-state index contributed by atoms with van der Waals surface area (Å²) < 4.78 is 5.05. The van der Waals surface area contributed by atoms with Gasteiger partial charge < -0.3 is 20.5 Å². The van der Waals surface area contributed by atoms with Crippen LogP contribution in [0.5, 0.6) is 0 Å². The van der Waals surface area contributed by atoms with Gasteiger partial charge in [-0.25, -0.2) is 9.59 Å². The third-order valence-electron chi connectivity index (χ3n) is 3.16. The number of nitrogens with zero attached hydrogens (tertiary/aromatic N) is 1. The molecule has 2 amide bonds. The standard InChI is InChI=1S/C11H16N4O4/c1-7-8(5-13-15-7)4-12-10(18)14-11(9(16)17)2-3-19-6-11/h5H,2-4,6H2,1H3,(H,13,15)(H,16,17)(H2,12,14,18). The predicted molar refractivity (Wildman–Crippen MR) is 64.5 cm³/mol. The quantitative estimate of drug-likeness (QED) is 0.601. The SMILES string of the molecule is Cc1[nH]ncc1CNC(=O)NC1(C(=O)O)CCOC1. The van der Waals surface area contributed by atoms with E-state index < -0.39 is 17.5 Å². The molecule has 1 unspecified atom stereocenters. The van der Waals surface area contributed by atoms with Crippen LogP contribution >= 0.6 is 0 Å². The number of carbonyl (C=O) groups is 2. The summed E-state index contributed by atoms with van der Waals surface area (Å²) in [6.07, 6.45) is 1.88. The number of H-pyrrole nitrogens is 1. The van der Waals surface area contributed by atoms with Gasteiger partial charge in [-0.3, -0.25) is 5.10 Å². The molecule has 1 saturated heterocycles. The molecule has 0 spiro atoms. The Morgan fingerprint density at radius 1 is 1.63 bits per heavy atom. The van der Waals surface area contributed by atoms with Crippen LogP contribution in [0, 0.1) is 6.92 Å². The summed E-state index contributed by atoms with van der Waals surface area (Å²) in [5, 5.41) is 20.8. The summed E-state index contributed by atoms with van der Waals surface area (Å²) in [4.78, 5) is 23.0. The van der Waals surface area contributed by atoms with Crippen LogP contribution in [-0.4, -0.2) is 46.1 Å². The molecule has 4 N–H and O–H groups in total. The third-order valence-corrected chi connectivity index (χ3v) is 3.16. The summed E-state index contributed by atoms with van der Waals surface area (Å²) in [7, 11) is 0. The molecular formula is C11H16N4O4. The molecule has 0 saturated carbocycles. The molecule has 0 aromatic carbocycles. The van der Waals surface area contributed by atoms with Crippen LogP contribution in [0.1, 0.15) is 17.7 Å². The fourth-order valence-electron chi connectivity index (χ4n) is 1.88. The normalized spacial score (nSPS) is 22.2. The van der Waals surface area contributed by atoms with Crippen molar-refractivity contribution >= 4 is 12.0 Å². The summed E-state index contributed by atoms with van der Waals surface area (Å²) in [6.45, 7) is 2.43. The third kappa shape index (κ3) is 2.84. The molecule has 1 fully saturated rings. The molecule has 2 rings (SSSR count). The van der Waals surface area contributed by atoms with E-state index in [-0.39, 0.29) is 19.6 Å². The number of aromatic amines is 1. The number of hydrogen-bond donors (Lipinski definition) is 4. The van der Waals surface area contributed by atoms with Crippen LogP contribution in [-0.2, 0) is 16.1 Å². The Bertz CT molecular complexity index is 479. The van der Waals surface area contributed by atoms with E-state index in [0.29, 0.717) is 6.61 Å². The van der Waals surface area contributed by atoms with Gasteiger partial charge in [0.25, 0.3) is 0 Å². The van der Waals surface area contributed by atoms with Gasteiger partial charge in [0.05, 0.1) is 12.8 Å². The van der Waals surface area contributed by atoms with Crippen molar-refractivity contribution in [1.29, 1.82) is 0 Å². The highest BCUT2D eigenvalue weighted by Gasteiger charge is 2.43. The van der Waals surface area contributed by atoms with Crippen LogP contribution in [0.3, 0.4) is 0 Å². The average Bonchev–Trinajstić information content (AvgIpc) is 2.97. The van der Waals surface area contributed by atoms with Crippen molar-refractivity contribution in [2.24, 2.45) is 0 Å². The number of rotatable bonds is 4. The van der Waals surface area contributed by atoms with Gasteiger partial charge >= 0.3 is 12.0 Å². The topological polar surface area (TPSA) is 116 Å². The van der Waals surface area contributed by atoms with Crippen molar-refractivity contribution in [2.75, 3.05) is 13.2 Å². The zero-order valence-corrected chi connectivity index (χ0v) is 10.5. The van der Waals surface area contributed by atoms with E-state index >= 15 is 0 Å². The lowest BCUT2D eigenvalue weighted by Gasteiger charge is -2.23. The second-order valence-corrected chi connectivity index (χ2v) is 4.52. The molecule has 104 valence electrons. The van der Waals surface area contributed by atoms with Gasteiger partial charge in [-0.15, -0.1) is 0 Å². The molecule has 0 aliphatic carbocycles. The molecule has 1 atom stereocenters. The smallest absolute Gasteiger partial charge is 0.332 e. The Morgan fingerprint density at radius 2 is 2.42 bits per heavy atom. The van der Waals surface area contributed by atoms with E-state index in [1.807, 2.05) is 6.92 Å².